The summed E-state index contributed by atoms with van der Waals surface area (Å²) in [5.74, 6) is -0.289. The molecule has 0 saturated heterocycles. The fourth-order valence-corrected chi connectivity index (χ4v) is 3.45. The summed E-state index contributed by atoms with van der Waals surface area (Å²) in [7, 11) is 0. The SMILES string of the molecule is CCCCn1c(SC(C)C(=O)Nc2cc(Cl)c(Cl)cc2Cl)n[nH]c1=O. The Balaban J connectivity index is 2.09. The number of aromatic amines is 1. The normalized spacial score (nSPS) is 12.2. The number of halogens is 3. The van der Waals surface area contributed by atoms with E-state index < -0.39 is 5.25 Å². The van der Waals surface area contributed by atoms with Gasteiger partial charge >= 0.3 is 5.69 Å². The van der Waals surface area contributed by atoms with Crippen LogP contribution in [0.5, 0.6) is 0 Å². The number of unbranched alkanes of at least 4 members (excludes halogenated alkanes) is 1. The van der Waals surface area contributed by atoms with Gasteiger partial charge in [-0.2, -0.15) is 0 Å². The first-order chi connectivity index (χ1) is 11.8. The van der Waals surface area contributed by atoms with Gasteiger partial charge in [-0.15, -0.1) is 5.10 Å². The molecule has 2 rings (SSSR count). The minimum absolute atomic E-state index is 0.281. The summed E-state index contributed by atoms with van der Waals surface area (Å²) in [5.41, 5.74) is 0.0926. The molecule has 136 valence electrons. The predicted molar refractivity (Wildman–Crippen MR) is 103 cm³/mol. The zero-order chi connectivity index (χ0) is 18.6. The van der Waals surface area contributed by atoms with E-state index in [1.54, 1.807) is 6.92 Å². The van der Waals surface area contributed by atoms with E-state index in [1.165, 1.54) is 28.5 Å². The molecule has 1 unspecified atom stereocenters. The van der Waals surface area contributed by atoms with E-state index in [1.807, 2.05) is 6.92 Å². The van der Waals surface area contributed by atoms with E-state index >= 15 is 0 Å². The van der Waals surface area contributed by atoms with Crippen molar-refractivity contribution in [1.82, 2.24) is 14.8 Å². The third-order valence-electron chi connectivity index (χ3n) is 3.38. The Morgan fingerprint density at radius 1 is 1.32 bits per heavy atom. The molecule has 0 saturated carbocycles. The van der Waals surface area contributed by atoms with Crippen molar-refractivity contribution in [2.75, 3.05) is 5.32 Å². The lowest BCUT2D eigenvalue weighted by atomic mass is 10.3. The number of anilines is 1. The summed E-state index contributed by atoms with van der Waals surface area (Å²) in [4.78, 5) is 24.2. The van der Waals surface area contributed by atoms with Crippen LogP contribution in [0.4, 0.5) is 5.69 Å². The summed E-state index contributed by atoms with van der Waals surface area (Å²) < 4.78 is 1.53. The minimum atomic E-state index is -0.499. The monoisotopic (exact) mass is 422 g/mol. The quantitative estimate of drug-likeness (QED) is 0.509. The average Bonchev–Trinajstić information content (AvgIpc) is 2.90. The van der Waals surface area contributed by atoms with Gasteiger partial charge in [0, 0.05) is 6.54 Å². The zero-order valence-corrected chi connectivity index (χ0v) is 16.7. The third-order valence-corrected chi connectivity index (χ3v) is 5.50. The van der Waals surface area contributed by atoms with Gasteiger partial charge in [0.25, 0.3) is 0 Å². The topological polar surface area (TPSA) is 79.8 Å². The summed E-state index contributed by atoms with van der Waals surface area (Å²) in [6, 6.07) is 2.96. The molecule has 0 fully saturated rings. The number of hydrogen-bond donors (Lipinski definition) is 2. The van der Waals surface area contributed by atoms with Crippen LogP contribution in [0, 0.1) is 0 Å². The van der Waals surface area contributed by atoms with Crippen molar-refractivity contribution in [3.05, 3.63) is 37.7 Å². The Labute approximate surface area is 164 Å². The molecule has 1 atom stereocenters. The van der Waals surface area contributed by atoms with Gasteiger partial charge in [-0.1, -0.05) is 59.9 Å². The predicted octanol–water partition coefficient (Wildman–Crippen LogP) is 4.45. The Morgan fingerprint density at radius 3 is 2.68 bits per heavy atom. The van der Waals surface area contributed by atoms with Gasteiger partial charge in [0.05, 0.1) is 26.0 Å². The van der Waals surface area contributed by atoms with E-state index in [-0.39, 0.29) is 11.6 Å². The lowest BCUT2D eigenvalue weighted by molar-refractivity contribution is -0.115. The average molecular weight is 424 g/mol. The minimum Gasteiger partial charge on any atom is -0.324 e. The van der Waals surface area contributed by atoms with Crippen LogP contribution in [0.1, 0.15) is 26.7 Å². The fourth-order valence-electron chi connectivity index (χ4n) is 1.97. The van der Waals surface area contributed by atoms with Crippen molar-refractivity contribution in [1.29, 1.82) is 0 Å². The third kappa shape index (κ3) is 5.17. The molecular formula is C15H17Cl3N4O2S. The van der Waals surface area contributed by atoms with Crippen LogP contribution < -0.4 is 11.0 Å². The van der Waals surface area contributed by atoms with Crippen molar-refractivity contribution in [2.24, 2.45) is 0 Å². The van der Waals surface area contributed by atoms with Crippen molar-refractivity contribution in [2.45, 2.75) is 43.6 Å². The van der Waals surface area contributed by atoms with Gasteiger partial charge in [-0.25, -0.2) is 9.89 Å². The van der Waals surface area contributed by atoms with Gasteiger partial charge in [-0.3, -0.25) is 9.36 Å². The van der Waals surface area contributed by atoms with Crippen LogP contribution in [0.25, 0.3) is 0 Å². The number of nitrogens with zero attached hydrogens (tertiary/aromatic N) is 2. The van der Waals surface area contributed by atoms with Crippen molar-refractivity contribution < 1.29 is 4.79 Å². The molecule has 1 heterocycles. The molecule has 0 radical (unpaired) electrons. The van der Waals surface area contributed by atoms with Crippen LogP contribution in [-0.4, -0.2) is 25.9 Å². The molecule has 6 nitrogen and oxygen atoms in total. The van der Waals surface area contributed by atoms with Crippen LogP contribution in [0.2, 0.25) is 15.1 Å². The van der Waals surface area contributed by atoms with Gasteiger partial charge in [-0.05, 0) is 25.5 Å². The number of benzene rings is 1. The maximum absolute atomic E-state index is 12.4. The van der Waals surface area contributed by atoms with Crippen molar-refractivity contribution in [3.63, 3.8) is 0 Å². The molecule has 10 heteroatoms. The molecule has 0 aliphatic carbocycles. The number of aromatic nitrogens is 3. The maximum Gasteiger partial charge on any atom is 0.343 e. The molecule has 25 heavy (non-hydrogen) atoms. The number of rotatable bonds is 7. The van der Waals surface area contributed by atoms with E-state index in [4.69, 9.17) is 34.8 Å². The van der Waals surface area contributed by atoms with Crippen molar-refractivity contribution in [3.8, 4) is 0 Å². The summed E-state index contributed by atoms with van der Waals surface area (Å²) in [6.45, 7) is 4.31. The number of carbonyl (C=O) groups excluding carboxylic acids is 1. The van der Waals surface area contributed by atoms with Gasteiger partial charge < -0.3 is 5.32 Å². The Morgan fingerprint density at radius 2 is 2.00 bits per heavy atom. The largest absolute Gasteiger partial charge is 0.343 e. The number of amides is 1. The second-order valence-electron chi connectivity index (χ2n) is 5.31. The van der Waals surface area contributed by atoms with Crippen LogP contribution >= 0.6 is 46.6 Å². The van der Waals surface area contributed by atoms with Crippen LogP contribution in [0.3, 0.4) is 0 Å². The number of nitrogens with one attached hydrogen (secondary N) is 2. The van der Waals surface area contributed by atoms with Gasteiger partial charge in [0.1, 0.15) is 0 Å². The van der Waals surface area contributed by atoms with E-state index in [0.29, 0.717) is 32.5 Å². The molecule has 0 aliphatic rings. The summed E-state index contributed by atoms with van der Waals surface area (Å²) in [5, 5.41) is 9.98. The molecule has 2 N–H and O–H groups in total. The molecule has 1 aromatic carbocycles. The maximum atomic E-state index is 12.4. The smallest absolute Gasteiger partial charge is 0.324 e. The highest BCUT2D eigenvalue weighted by Gasteiger charge is 2.20. The number of thioether (sulfide) groups is 1. The standard InChI is InChI=1S/C15H17Cl3N4O2S/c1-3-4-5-22-14(24)20-21-15(22)25-8(2)13(23)19-12-7-10(17)9(16)6-11(12)18/h6-8H,3-5H2,1-2H3,(H,19,23)(H,20,24). The molecule has 0 aliphatic heterocycles. The highest BCUT2D eigenvalue weighted by atomic mass is 35.5. The molecule has 1 aromatic heterocycles. The summed E-state index contributed by atoms with van der Waals surface area (Å²) >= 11 is 19.1. The van der Waals surface area contributed by atoms with E-state index in [9.17, 15) is 9.59 Å². The second kappa shape index (κ2) is 8.98. The van der Waals surface area contributed by atoms with Crippen LogP contribution in [-0.2, 0) is 11.3 Å². The molecular weight excluding hydrogens is 407 g/mol. The Bertz CT molecular complexity index is 822. The van der Waals surface area contributed by atoms with E-state index in [2.05, 4.69) is 15.5 Å². The first-order valence-electron chi connectivity index (χ1n) is 7.60. The summed E-state index contributed by atoms with van der Waals surface area (Å²) in [6.07, 6.45) is 1.81. The zero-order valence-electron chi connectivity index (χ0n) is 13.6. The lowest BCUT2D eigenvalue weighted by Gasteiger charge is -2.13. The highest BCUT2D eigenvalue weighted by molar-refractivity contribution is 8.00. The van der Waals surface area contributed by atoms with Crippen LogP contribution in [0.15, 0.2) is 22.1 Å². The first-order valence-corrected chi connectivity index (χ1v) is 9.62. The van der Waals surface area contributed by atoms with E-state index in [0.717, 1.165) is 12.8 Å². The number of hydrogen-bond acceptors (Lipinski definition) is 4. The second-order valence-corrected chi connectivity index (χ2v) is 7.84. The Hall–Kier alpha value is -1.15. The highest BCUT2D eigenvalue weighted by Crippen LogP contribution is 2.33. The first kappa shape index (κ1) is 20.2. The molecule has 0 bridgehead atoms. The fraction of sp³-hybridized carbons (Fsp3) is 0.400. The van der Waals surface area contributed by atoms with Gasteiger partial charge in [0.2, 0.25) is 5.91 Å². The van der Waals surface area contributed by atoms with Gasteiger partial charge in [0.15, 0.2) is 5.16 Å². The number of carbonyl (C=O) groups is 1. The molecule has 0 spiro atoms. The molecule has 1 amide bonds. The number of H-pyrrole nitrogens is 1. The van der Waals surface area contributed by atoms with Crippen molar-refractivity contribution >= 4 is 58.2 Å². The molecule has 2 aromatic rings. The lowest BCUT2D eigenvalue weighted by Crippen LogP contribution is -2.24. The Kier molecular flexibility index (Phi) is 7.25.